The quantitative estimate of drug-likeness (QED) is 0.888. The Balaban J connectivity index is 1.47. The molecule has 1 aromatic rings. The molecule has 1 aromatic carbocycles. The number of rotatable bonds is 3. The third-order valence-corrected chi connectivity index (χ3v) is 4.72. The topological polar surface area (TPSA) is 41.1 Å². The summed E-state index contributed by atoms with van der Waals surface area (Å²) in [6, 6.07) is 11.2. The third kappa shape index (κ3) is 3.21. The van der Waals surface area contributed by atoms with Crippen molar-refractivity contribution in [3.05, 3.63) is 35.9 Å². The number of carbonyl (C=O) groups is 1. The van der Waals surface area contributed by atoms with Crippen molar-refractivity contribution in [2.75, 3.05) is 6.54 Å². The molecule has 1 amide bonds. The Morgan fingerprint density at radius 2 is 1.80 bits per heavy atom. The van der Waals surface area contributed by atoms with Crippen molar-refractivity contribution < 1.29 is 4.79 Å². The highest BCUT2D eigenvalue weighted by molar-refractivity contribution is 5.82. The molecule has 1 unspecified atom stereocenters. The summed E-state index contributed by atoms with van der Waals surface area (Å²) >= 11 is 0. The van der Waals surface area contributed by atoms with Crippen molar-refractivity contribution in [2.24, 2.45) is 0 Å². The predicted octanol–water partition coefficient (Wildman–Crippen LogP) is 2.58. The predicted molar refractivity (Wildman–Crippen MR) is 80.6 cm³/mol. The Kier molecular flexibility index (Phi) is 4.36. The van der Waals surface area contributed by atoms with Crippen LogP contribution in [0, 0.1) is 0 Å². The van der Waals surface area contributed by atoms with E-state index in [1.165, 1.54) is 18.4 Å². The SMILES string of the molecule is O=C(NC1CCC(c2ccccc2)CC1)C1CCCN1. The number of hydrogen-bond acceptors (Lipinski definition) is 2. The van der Waals surface area contributed by atoms with Crippen LogP contribution in [-0.2, 0) is 4.79 Å². The number of benzene rings is 1. The van der Waals surface area contributed by atoms with Crippen LogP contribution >= 0.6 is 0 Å². The fourth-order valence-electron chi connectivity index (χ4n) is 3.51. The van der Waals surface area contributed by atoms with Gasteiger partial charge in [0, 0.05) is 6.04 Å². The van der Waals surface area contributed by atoms with Crippen LogP contribution in [0.5, 0.6) is 0 Å². The summed E-state index contributed by atoms with van der Waals surface area (Å²) < 4.78 is 0. The average molecular weight is 272 g/mol. The van der Waals surface area contributed by atoms with Gasteiger partial charge in [-0.1, -0.05) is 30.3 Å². The Morgan fingerprint density at radius 3 is 2.45 bits per heavy atom. The van der Waals surface area contributed by atoms with Gasteiger partial charge in [0.2, 0.25) is 5.91 Å². The van der Waals surface area contributed by atoms with Crippen LogP contribution in [0.4, 0.5) is 0 Å². The molecule has 108 valence electrons. The molecule has 1 heterocycles. The van der Waals surface area contributed by atoms with Crippen molar-refractivity contribution in [1.82, 2.24) is 10.6 Å². The second-order valence-corrected chi connectivity index (χ2v) is 6.12. The van der Waals surface area contributed by atoms with Gasteiger partial charge in [-0.15, -0.1) is 0 Å². The zero-order chi connectivity index (χ0) is 13.8. The molecule has 3 heteroatoms. The van der Waals surface area contributed by atoms with Crippen molar-refractivity contribution in [2.45, 2.75) is 56.5 Å². The van der Waals surface area contributed by atoms with E-state index in [4.69, 9.17) is 0 Å². The number of hydrogen-bond donors (Lipinski definition) is 2. The highest BCUT2D eigenvalue weighted by atomic mass is 16.2. The standard InChI is InChI=1S/C17H24N2O/c20-17(16-7-4-12-18-16)19-15-10-8-14(9-11-15)13-5-2-1-3-6-13/h1-3,5-6,14-16,18H,4,7-12H2,(H,19,20). The molecule has 0 aromatic heterocycles. The lowest BCUT2D eigenvalue weighted by Gasteiger charge is -2.30. The van der Waals surface area contributed by atoms with E-state index in [0.29, 0.717) is 12.0 Å². The van der Waals surface area contributed by atoms with Crippen LogP contribution in [0.2, 0.25) is 0 Å². The molecule has 0 spiro atoms. The number of carbonyl (C=O) groups excluding carboxylic acids is 1. The maximum Gasteiger partial charge on any atom is 0.237 e. The van der Waals surface area contributed by atoms with Gasteiger partial charge in [-0.05, 0) is 56.6 Å². The third-order valence-electron chi connectivity index (χ3n) is 4.72. The smallest absolute Gasteiger partial charge is 0.237 e. The van der Waals surface area contributed by atoms with Gasteiger partial charge in [0.25, 0.3) is 0 Å². The molecule has 2 aliphatic rings. The van der Waals surface area contributed by atoms with E-state index < -0.39 is 0 Å². The lowest BCUT2D eigenvalue weighted by atomic mass is 9.81. The summed E-state index contributed by atoms with van der Waals surface area (Å²) in [4.78, 5) is 12.1. The van der Waals surface area contributed by atoms with Crippen molar-refractivity contribution in [3.63, 3.8) is 0 Å². The minimum Gasteiger partial charge on any atom is -0.352 e. The van der Waals surface area contributed by atoms with E-state index in [0.717, 1.165) is 32.2 Å². The van der Waals surface area contributed by atoms with E-state index in [2.05, 4.69) is 41.0 Å². The fraction of sp³-hybridized carbons (Fsp3) is 0.588. The molecule has 1 saturated heterocycles. The van der Waals surface area contributed by atoms with Crippen LogP contribution in [-0.4, -0.2) is 24.5 Å². The van der Waals surface area contributed by atoms with E-state index >= 15 is 0 Å². The van der Waals surface area contributed by atoms with E-state index in [1.54, 1.807) is 0 Å². The van der Waals surface area contributed by atoms with Crippen molar-refractivity contribution in [3.8, 4) is 0 Å². The second-order valence-electron chi connectivity index (χ2n) is 6.12. The molecular weight excluding hydrogens is 248 g/mol. The highest BCUT2D eigenvalue weighted by Gasteiger charge is 2.27. The monoisotopic (exact) mass is 272 g/mol. The molecule has 3 nitrogen and oxygen atoms in total. The minimum absolute atomic E-state index is 0.0573. The average Bonchev–Trinajstić information content (AvgIpc) is 3.03. The van der Waals surface area contributed by atoms with Gasteiger partial charge in [0.15, 0.2) is 0 Å². The lowest BCUT2D eigenvalue weighted by Crippen LogP contribution is -2.46. The normalized spacial score (nSPS) is 30.1. The Hall–Kier alpha value is -1.35. The zero-order valence-electron chi connectivity index (χ0n) is 12.0. The Bertz CT molecular complexity index is 432. The maximum absolute atomic E-state index is 12.1. The second kappa shape index (κ2) is 6.40. The zero-order valence-corrected chi connectivity index (χ0v) is 12.0. The molecule has 3 rings (SSSR count). The molecular formula is C17H24N2O. The van der Waals surface area contributed by atoms with Crippen LogP contribution in [0.25, 0.3) is 0 Å². The number of nitrogens with one attached hydrogen (secondary N) is 2. The van der Waals surface area contributed by atoms with Crippen LogP contribution in [0.3, 0.4) is 0 Å². The van der Waals surface area contributed by atoms with E-state index in [-0.39, 0.29) is 11.9 Å². The summed E-state index contributed by atoms with van der Waals surface area (Å²) in [5.41, 5.74) is 1.45. The molecule has 1 atom stereocenters. The Labute approximate surface area is 121 Å². The maximum atomic E-state index is 12.1. The molecule has 20 heavy (non-hydrogen) atoms. The molecule has 0 bridgehead atoms. The van der Waals surface area contributed by atoms with Gasteiger partial charge in [0.1, 0.15) is 0 Å². The van der Waals surface area contributed by atoms with Gasteiger partial charge < -0.3 is 10.6 Å². The molecule has 1 saturated carbocycles. The first-order valence-corrected chi connectivity index (χ1v) is 7.91. The van der Waals surface area contributed by atoms with Crippen molar-refractivity contribution >= 4 is 5.91 Å². The number of amides is 1. The van der Waals surface area contributed by atoms with Gasteiger partial charge in [0.05, 0.1) is 6.04 Å². The first-order valence-electron chi connectivity index (χ1n) is 7.91. The largest absolute Gasteiger partial charge is 0.352 e. The fourth-order valence-corrected chi connectivity index (χ4v) is 3.51. The molecule has 2 fully saturated rings. The van der Waals surface area contributed by atoms with Gasteiger partial charge in [-0.25, -0.2) is 0 Å². The first kappa shape index (κ1) is 13.6. The lowest BCUT2D eigenvalue weighted by molar-refractivity contribution is -0.123. The highest BCUT2D eigenvalue weighted by Crippen LogP contribution is 2.32. The van der Waals surface area contributed by atoms with Crippen molar-refractivity contribution in [1.29, 1.82) is 0 Å². The Morgan fingerprint density at radius 1 is 1.05 bits per heavy atom. The van der Waals surface area contributed by atoms with E-state index in [1.807, 2.05) is 0 Å². The van der Waals surface area contributed by atoms with Crippen LogP contribution in [0.1, 0.15) is 50.0 Å². The van der Waals surface area contributed by atoms with Crippen LogP contribution < -0.4 is 10.6 Å². The summed E-state index contributed by atoms with van der Waals surface area (Å²) in [7, 11) is 0. The van der Waals surface area contributed by atoms with Crippen LogP contribution in [0.15, 0.2) is 30.3 Å². The minimum atomic E-state index is 0.0573. The molecule has 1 aliphatic carbocycles. The molecule has 2 N–H and O–H groups in total. The first-order chi connectivity index (χ1) is 9.83. The summed E-state index contributed by atoms with van der Waals surface area (Å²) in [5, 5.41) is 6.50. The summed E-state index contributed by atoms with van der Waals surface area (Å²) in [5.74, 6) is 0.889. The molecule has 1 aliphatic heterocycles. The molecule has 0 radical (unpaired) electrons. The summed E-state index contributed by atoms with van der Waals surface area (Å²) in [6.45, 7) is 0.985. The van der Waals surface area contributed by atoms with Gasteiger partial charge >= 0.3 is 0 Å². The van der Waals surface area contributed by atoms with Gasteiger partial charge in [-0.3, -0.25) is 4.79 Å². The van der Waals surface area contributed by atoms with Gasteiger partial charge in [-0.2, -0.15) is 0 Å². The summed E-state index contributed by atoms with van der Waals surface area (Å²) in [6.07, 6.45) is 6.71. The van der Waals surface area contributed by atoms with E-state index in [9.17, 15) is 4.79 Å².